The van der Waals surface area contributed by atoms with Gasteiger partial charge < -0.3 is 5.32 Å². The second kappa shape index (κ2) is 9.26. The Hall–Kier alpha value is -2.31. The van der Waals surface area contributed by atoms with Gasteiger partial charge in [-0.3, -0.25) is 14.2 Å². The lowest BCUT2D eigenvalue weighted by Gasteiger charge is -2.15. The van der Waals surface area contributed by atoms with Crippen LogP contribution in [0.3, 0.4) is 0 Å². The van der Waals surface area contributed by atoms with Gasteiger partial charge in [0.05, 0.1) is 22.7 Å². The fourth-order valence-corrected chi connectivity index (χ4v) is 3.95. The summed E-state index contributed by atoms with van der Waals surface area (Å²) < 4.78 is 1.63. The molecule has 7 heteroatoms. The molecule has 0 saturated carbocycles. The van der Waals surface area contributed by atoms with Crippen LogP contribution in [0.25, 0.3) is 10.9 Å². The Morgan fingerprint density at radius 3 is 2.71 bits per heavy atom. The van der Waals surface area contributed by atoms with Crippen molar-refractivity contribution in [2.24, 2.45) is 0 Å². The Balaban J connectivity index is 1.78. The normalized spacial score (nSPS) is 12.1. The number of benzene rings is 2. The molecule has 3 rings (SSSR count). The van der Waals surface area contributed by atoms with Gasteiger partial charge in [0, 0.05) is 11.6 Å². The smallest absolute Gasteiger partial charge is 0.262 e. The average molecular weight is 416 g/mol. The van der Waals surface area contributed by atoms with E-state index in [1.54, 1.807) is 22.8 Å². The number of carbonyl (C=O) groups excluding carboxylic acids is 1. The van der Waals surface area contributed by atoms with Crippen LogP contribution in [0.15, 0.2) is 58.5 Å². The Labute approximate surface area is 173 Å². The third-order valence-corrected chi connectivity index (χ3v) is 5.55. The zero-order valence-corrected chi connectivity index (χ0v) is 17.4. The largest absolute Gasteiger partial charge is 0.349 e. The van der Waals surface area contributed by atoms with E-state index in [9.17, 15) is 9.59 Å². The van der Waals surface area contributed by atoms with Crippen LogP contribution in [0.4, 0.5) is 0 Å². The zero-order valence-electron chi connectivity index (χ0n) is 15.8. The van der Waals surface area contributed by atoms with Gasteiger partial charge in [-0.25, -0.2) is 4.98 Å². The van der Waals surface area contributed by atoms with Crippen molar-refractivity contribution in [2.45, 2.75) is 38.0 Å². The number of fused-ring (bicyclic) bond motifs is 1. The second-order valence-corrected chi connectivity index (χ2v) is 7.88. The van der Waals surface area contributed by atoms with Gasteiger partial charge in [-0.2, -0.15) is 0 Å². The Kier molecular flexibility index (Phi) is 6.75. The van der Waals surface area contributed by atoms with Crippen molar-refractivity contribution in [1.29, 1.82) is 0 Å². The maximum absolute atomic E-state index is 12.8. The number of halogens is 1. The molecule has 0 fully saturated rings. The third kappa shape index (κ3) is 4.75. The van der Waals surface area contributed by atoms with Crippen molar-refractivity contribution in [3.8, 4) is 0 Å². The quantitative estimate of drug-likeness (QED) is 0.458. The van der Waals surface area contributed by atoms with Crippen LogP contribution in [0, 0.1) is 0 Å². The van der Waals surface area contributed by atoms with Gasteiger partial charge in [0.25, 0.3) is 5.56 Å². The van der Waals surface area contributed by atoms with Crippen molar-refractivity contribution in [3.05, 3.63) is 69.5 Å². The van der Waals surface area contributed by atoms with E-state index in [-0.39, 0.29) is 23.3 Å². The first-order valence-electron chi connectivity index (χ1n) is 9.16. The summed E-state index contributed by atoms with van der Waals surface area (Å²) >= 11 is 7.31. The highest BCUT2D eigenvalue weighted by atomic mass is 35.5. The molecular weight excluding hydrogens is 394 g/mol. The number of aromatic nitrogens is 2. The zero-order chi connectivity index (χ0) is 20.1. The molecular formula is C21H22ClN3O2S. The Bertz CT molecular complexity index is 1040. The van der Waals surface area contributed by atoms with Gasteiger partial charge in [-0.15, -0.1) is 0 Å². The van der Waals surface area contributed by atoms with E-state index in [0.717, 1.165) is 12.0 Å². The second-order valence-electron chi connectivity index (χ2n) is 6.50. The van der Waals surface area contributed by atoms with Crippen LogP contribution in [0.5, 0.6) is 0 Å². The summed E-state index contributed by atoms with van der Waals surface area (Å²) in [5.74, 6) is 0.0733. The minimum Gasteiger partial charge on any atom is -0.349 e. The van der Waals surface area contributed by atoms with Crippen LogP contribution in [0.2, 0.25) is 5.02 Å². The number of carbonyl (C=O) groups is 1. The lowest BCUT2D eigenvalue weighted by Crippen LogP contribution is -2.29. The Morgan fingerprint density at radius 1 is 1.25 bits per heavy atom. The fourth-order valence-electron chi connectivity index (χ4n) is 2.94. The van der Waals surface area contributed by atoms with Gasteiger partial charge in [-0.1, -0.05) is 60.6 Å². The molecule has 0 radical (unpaired) electrons. The predicted molar refractivity (Wildman–Crippen MR) is 115 cm³/mol. The maximum Gasteiger partial charge on any atom is 0.262 e. The SMILES string of the molecule is CCCn1c(SCC(=O)N[C@H](C)c2ccccc2)nc2cc(Cl)ccc2c1=O. The standard InChI is InChI=1S/C21H22ClN3O2S/c1-3-11-25-20(27)17-10-9-16(22)12-18(17)24-21(25)28-13-19(26)23-14(2)15-7-5-4-6-8-15/h4-10,12,14H,3,11,13H2,1-2H3,(H,23,26)/t14-/m1/s1. The highest BCUT2D eigenvalue weighted by molar-refractivity contribution is 7.99. The van der Waals surface area contributed by atoms with Crippen molar-refractivity contribution in [3.63, 3.8) is 0 Å². The minimum atomic E-state index is -0.107. The number of rotatable bonds is 7. The number of hydrogen-bond acceptors (Lipinski definition) is 4. The summed E-state index contributed by atoms with van der Waals surface area (Å²) in [6.45, 7) is 4.50. The Morgan fingerprint density at radius 2 is 2.00 bits per heavy atom. The average Bonchev–Trinajstić information content (AvgIpc) is 2.69. The lowest BCUT2D eigenvalue weighted by molar-refractivity contribution is -0.119. The maximum atomic E-state index is 12.8. The molecule has 0 spiro atoms. The van der Waals surface area contributed by atoms with E-state index in [1.807, 2.05) is 44.2 Å². The van der Waals surface area contributed by atoms with Gasteiger partial charge in [-0.05, 0) is 37.1 Å². The number of nitrogens with zero attached hydrogens (tertiary/aromatic N) is 2. The molecule has 0 saturated heterocycles. The molecule has 0 aliphatic carbocycles. The molecule has 1 heterocycles. The number of thioether (sulfide) groups is 1. The van der Waals surface area contributed by atoms with Gasteiger partial charge in [0.15, 0.2) is 5.16 Å². The summed E-state index contributed by atoms with van der Waals surface area (Å²) in [6.07, 6.45) is 0.797. The van der Waals surface area contributed by atoms with Crippen molar-refractivity contribution < 1.29 is 4.79 Å². The van der Waals surface area contributed by atoms with E-state index in [0.29, 0.717) is 27.6 Å². The highest BCUT2D eigenvalue weighted by Crippen LogP contribution is 2.21. The van der Waals surface area contributed by atoms with Crippen LogP contribution in [0.1, 0.15) is 31.9 Å². The van der Waals surface area contributed by atoms with Gasteiger partial charge in [0.1, 0.15) is 0 Å². The van der Waals surface area contributed by atoms with E-state index in [2.05, 4.69) is 10.3 Å². The predicted octanol–water partition coefficient (Wildman–Crippen LogP) is 4.43. The number of nitrogens with one attached hydrogen (secondary N) is 1. The summed E-state index contributed by atoms with van der Waals surface area (Å²) in [5.41, 5.74) is 1.48. The molecule has 0 bridgehead atoms. The van der Waals surface area contributed by atoms with E-state index < -0.39 is 0 Å². The van der Waals surface area contributed by atoms with E-state index in [1.165, 1.54) is 11.8 Å². The monoisotopic (exact) mass is 415 g/mol. The van der Waals surface area contributed by atoms with Crippen LogP contribution < -0.4 is 10.9 Å². The molecule has 1 N–H and O–H groups in total. The molecule has 146 valence electrons. The van der Waals surface area contributed by atoms with E-state index in [4.69, 9.17) is 11.6 Å². The fraction of sp³-hybridized carbons (Fsp3) is 0.286. The van der Waals surface area contributed by atoms with Crippen molar-refractivity contribution >= 4 is 40.2 Å². The topological polar surface area (TPSA) is 64.0 Å². The van der Waals surface area contributed by atoms with Crippen LogP contribution in [-0.4, -0.2) is 21.2 Å². The third-order valence-electron chi connectivity index (χ3n) is 4.34. The summed E-state index contributed by atoms with van der Waals surface area (Å²) in [5, 5.41) is 4.57. The van der Waals surface area contributed by atoms with Crippen LogP contribution in [-0.2, 0) is 11.3 Å². The highest BCUT2D eigenvalue weighted by Gasteiger charge is 2.15. The summed E-state index contributed by atoms with van der Waals surface area (Å²) in [4.78, 5) is 29.8. The first kappa shape index (κ1) is 20.4. The molecule has 0 unspecified atom stereocenters. The molecule has 0 aliphatic heterocycles. The summed E-state index contributed by atoms with van der Waals surface area (Å²) in [6, 6.07) is 14.8. The van der Waals surface area contributed by atoms with Crippen molar-refractivity contribution in [2.75, 3.05) is 5.75 Å². The molecule has 28 heavy (non-hydrogen) atoms. The molecule has 0 aliphatic rings. The minimum absolute atomic E-state index is 0.0875. The molecule has 2 aromatic carbocycles. The van der Waals surface area contributed by atoms with E-state index >= 15 is 0 Å². The van der Waals surface area contributed by atoms with Gasteiger partial charge >= 0.3 is 0 Å². The molecule has 1 aromatic heterocycles. The molecule has 5 nitrogen and oxygen atoms in total. The van der Waals surface area contributed by atoms with Gasteiger partial charge in [0.2, 0.25) is 5.91 Å². The molecule has 1 amide bonds. The molecule has 1 atom stereocenters. The number of amides is 1. The van der Waals surface area contributed by atoms with Crippen molar-refractivity contribution in [1.82, 2.24) is 14.9 Å². The first-order valence-corrected chi connectivity index (χ1v) is 10.5. The van der Waals surface area contributed by atoms with Crippen LogP contribution >= 0.6 is 23.4 Å². The lowest BCUT2D eigenvalue weighted by atomic mass is 10.1. The summed E-state index contributed by atoms with van der Waals surface area (Å²) in [7, 11) is 0. The first-order chi connectivity index (χ1) is 13.5. The number of hydrogen-bond donors (Lipinski definition) is 1. The molecule has 3 aromatic rings.